The predicted molar refractivity (Wildman–Crippen MR) is 200 cm³/mol. The summed E-state index contributed by atoms with van der Waals surface area (Å²) in [6.07, 6.45) is 17.5. The van der Waals surface area contributed by atoms with E-state index in [-0.39, 0.29) is 5.92 Å². The zero-order valence-corrected chi connectivity index (χ0v) is 26.0. The largest absolute Gasteiger partial charge is 0.310 e. The smallest absolute Gasteiger partial charge is 0.0540 e. The summed E-state index contributed by atoms with van der Waals surface area (Å²) in [7, 11) is 0. The molecule has 0 aliphatic heterocycles. The van der Waals surface area contributed by atoms with Crippen molar-refractivity contribution in [1.82, 2.24) is 0 Å². The zero-order valence-electron chi connectivity index (χ0n) is 26.0. The fraction of sp³-hybridized carbons (Fsp3) is 0.0222. The Morgan fingerprint density at radius 2 is 0.894 bits per heavy atom. The van der Waals surface area contributed by atoms with E-state index in [4.69, 9.17) is 0 Å². The number of allylic oxidation sites excluding steroid dienone is 9. The lowest BCUT2D eigenvalue weighted by molar-refractivity contribution is 0.966. The van der Waals surface area contributed by atoms with Gasteiger partial charge in [0, 0.05) is 34.1 Å². The molecule has 6 aromatic rings. The number of anilines is 5. The number of benzene rings is 6. The van der Waals surface area contributed by atoms with Gasteiger partial charge in [-0.15, -0.1) is 0 Å². The van der Waals surface area contributed by atoms with Crippen molar-refractivity contribution in [2.45, 2.75) is 0 Å². The third-order valence-electron chi connectivity index (χ3n) is 8.91. The van der Waals surface area contributed by atoms with Crippen molar-refractivity contribution in [2.24, 2.45) is 5.92 Å². The van der Waals surface area contributed by atoms with Crippen LogP contribution >= 0.6 is 0 Å². The molecule has 0 bridgehead atoms. The Morgan fingerprint density at radius 1 is 0.383 bits per heavy atom. The van der Waals surface area contributed by atoms with E-state index in [1.165, 1.54) is 33.2 Å². The lowest BCUT2D eigenvalue weighted by Crippen LogP contribution is -2.18. The van der Waals surface area contributed by atoms with Crippen molar-refractivity contribution in [1.29, 1.82) is 0 Å². The molecule has 2 nitrogen and oxygen atoms in total. The second-order valence-electron chi connectivity index (χ2n) is 11.8. The standard InChI is InChI=1S/C45H34N2/c1-3-18-38(19-4-1)46(44-24-12-9-16-36-14-7-10-22-42(36)44)40-30-26-34(27-31-40)35-28-32-41(33-29-35)47(39-20-5-2-6-21-39)45-25-13-17-37-15-8-11-23-43(37)45/h1-33,36H. The molecule has 0 saturated heterocycles. The summed E-state index contributed by atoms with van der Waals surface area (Å²) >= 11 is 0. The van der Waals surface area contributed by atoms with Gasteiger partial charge in [-0.1, -0.05) is 140 Å². The molecule has 0 radical (unpaired) electrons. The molecule has 0 heterocycles. The summed E-state index contributed by atoms with van der Waals surface area (Å²) in [5.74, 6) is 0.248. The van der Waals surface area contributed by atoms with Crippen LogP contribution in [0.2, 0.25) is 0 Å². The van der Waals surface area contributed by atoms with Crippen LogP contribution in [0.1, 0.15) is 0 Å². The summed E-state index contributed by atoms with van der Waals surface area (Å²) < 4.78 is 0. The average molecular weight is 603 g/mol. The van der Waals surface area contributed by atoms with Crippen LogP contribution in [0.25, 0.3) is 21.9 Å². The maximum Gasteiger partial charge on any atom is 0.0540 e. The first-order valence-electron chi connectivity index (χ1n) is 16.2. The number of hydrogen-bond acceptors (Lipinski definition) is 2. The molecule has 6 aromatic carbocycles. The van der Waals surface area contributed by atoms with Gasteiger partial charge in [0.1, 0.15) is 0 Å². The SMILES string of the molecule is C1=CC2=C(N(c3ccccc3)c3ccc(-c4ccc(N(c5ccccc5)c5cccc6ccccc56)cc4)cc3)C=CC=CC2C=C1. The monoisotopic (exact) mass is 602 g/mol. The van der Waals surface area contributed by atoms with E-state index in [1.54, 1.807) is 0 Å². The molecule has 2 aliphatic rings. The van der Waals surface area contributed by atoms with Crippen molar-refractivity contribution in [2.75, 3.05) is 9.80 Å². The molecule has 224 valence electrons. The molecule has 8 rings (SSSR count). The minimum absolute atomic E-state index is 0.248. The normalized spacial score (nSPS) is 15.0. The van der Waals surface area contributed by atoms with Gasteiger partial charge < -0.3 is 9.80 Å². The molecule has 0 spiro atoms. The molecule has 1 unspecified atom stereocenters. The van der Waals surface area contributed by atoms with Gasteiger partial charge in [0.25, 0.3) is 0 Å². The Balaban J connectivity index is 1.15. The molecule has 0 amide bonds. The first kappa shape index (κ1) is 28.4. The molecule has 47 heavy (non-hydrogen) atoms. The minimum Gasteiger partial charge on any atom is -0.310 e. The second-order valence-corrected chi connectivity index (χ2v) is 11.8. The summed E-state index contributed by atoms with van der Waals surface area (Å²) in [5, 5.41) is 2.45. The molecule has 0 aromatic heterocycles. The van der Waals surface area contributed by atoms with Crippen molar-refractivity contribution in [3.8, 4) is 11.1 Å². The third-order valence-corrected chi connectivity index (χ3v) is 8.91. The Hall–Kier alpha value is -6.12. The van der Waals surface area contributed by atoms with Gasteiger partial charge in [-0.2, -0.15) is 0 Å². The highest BCUT2D eigenvalue weighted by atomic mass is 15.2. The summed E-state index contributed by atoms with van der Waals surface area (Å²) in [6.45, 7) is 0. The highest BCUT2D eigenvalue weighted by Gasteiger charge is 2.21. The third kappa shape index (κ3) is 5.62. The van der Waals surface area contributed by atoms with Gasteiger partial charge in [-0.05, 0) is 82.8 Å². The van der Waals surface area contributed by atoms with Gasteiger partial charge in [-0.25, -0.2) is 0 Å². The van der Waals surface area contributed by atoms with Crippen LogP contribution in [0.4, 0.5) is 28.4 Å². The number of para-hydroxylation sites is 2. The Morgan fingerprint density at radius 3 is 1.55 bits per heavy atom. The molecule has 0 N–H and O–H groups in total. The average Bonchev–Trinajstić information content (AvgIpc) is 3.36. The number of hydrogen-bond donors (Lipinski definition) is 0. The van der Waals surface area contributed by atoms with E-state index in [0.717, 1.165) is 28.4 Å². The quantitative estimate of drug-likeness (QED) is 0.179. The predicted octanol–water partition coefficient (Wildman–Crippen LogP) is 12.2. The van der Waals surface area contributed by atoms with Gasteiger partial charge in [0.2, 0.25) is 0 Å². The van der Waals surface area contributed by atoms with Gasteiger partial charge in [0.05, 0.1) is 11.4 Å². The molecule has 2 heteroatoms. The van der Waals surface area contributed by atoms with E-state index in [2.05, 4.69) is 210 Å². The fourth-order valence-corrected chi connectivity index (χ4v) is 6.63. The topological polar surface area (TPSA) is 6.48 Å². The van der Waals surface area contributed by atoms with Crippen molar-refractivity contribution < 1.29 is 0 Å². The van der Waals surface area contributed by atoms with E-state index in [0.29, 0.717) is 0 Å². The van der Waals surface area contributed by atoms with Crippen LogP contribution in [-0.2, 0) is 0 Å². The summed E-state index contributed by atoms with van der Waals surface area (Å²) in [4.78, 5) is 4.71. The molecular formula is C45H34N2. The van der Waals surface area contributed by atoms with Crippen LogP contribution in [0.5, 0.6) is 0 Å². The minimum atomic E-state index is 0.248. The lowest BCUT2D eigenvalue weighted by Gasteiger charge is -2.30. The van der Waals surface area contributed by atoms with E-state index in [1.807, 2.05) is 0 Å². The molecule has 1 atom stereocenters. The summed E-state index contributed by atoms with van der Waals surface area (Å²) in [5.41, 5.74) is 10.5. The first-order valence-corrected chi connectivity index (χ1v) is 16.2. The Kier molecular flexibility index (Phi) is 7.67. The molecular weight excluding hydrogens is 569 g/mol. The van der Waals surface area contributed by atoms with Crippen molar-refractivity contribution >= 4 is 39.2 Å². The van der Waals surface area contributed by atoms with Crippen LogP contribution in [0.3, 0.4) is 0 Å². The fourth-order valence-electron chi connectivity index (χ4n) is 6.63. The first-order chi connectivity index (χ1) is 23.3. The van der Waals surface area contributed by atoms with E-state index < -0.39 is 0 Å². The van der Waals surface area contributed by atoms with Crippen LogP contribution in [-0.4, -0.2) is 0 Å². The Labute approximate surface area is 276 Å². The maximum atomic E-state index is 2.37. The van der Waals surface area contributed by atoms with Gasteiger partial charge >= 0.3 is 0 Å². The number of nitrogens with zero attached hydrogens (tertiary/aromatic N) is 2. The second kappa shape index (κ2) is 12.7. The van der Waals surface area contributed by atoms with E-state index >= 15 is 0 Å². The van der Waals surface area contributed by atoms with Crippen LogP contribution in [0.15, 0.2) is 212 Å². The van der Waals surface area contributed by atoms with Crippen molar-refractivity contribution in [3.63, 3.8) is 0 Å². The maximum absolute atomic E-state index is 2.37. The van der Waals surface area contributed by atoms with Gasteiger partial charge in [0.15, 0.2) is 0 Å². The van der Waals surface area contributed by atoms with Crippen LogP contribution < -0.4 is 9.80 Å². The highest BCUT2D eigenvalue weighted by Crippen LogP contribution is 2.40. The zero-order chi connectivity index (χ0) is 31.4. The molecule has 0 saturated carbocycles. The summed E-state index contributed by atoms with van der Waals surface area (Å²) in [6, 6.07) is 54.2. The van der Waals surface area contributed by atoms with Crippen molar-refractivity contribution in [3.05, 3.63) is 212 Å². The Bertz CT molecular complexity index is 2160. The number of fused-ring (bicyclic) bond motifs is 2. The highest BCUT2D eigenvalue weighted by molar-refractivity contribution is 5.99. The lowest BCUT2D eigenvalue weighted by atomic mass is 9.92. The molecule has 2 aliphatic carbocycles. The van der Waals surface area contributed by atoms with E-state index in [9.17, 15) is 0 Å². The number of rotatable bonds is 7. The van der Waals surface area contributed by atoms with Gasteiger partial charge in [-0.3, -0.25) is 0 Å². The molecule has 0 fully saturated rings. The van der Waals surface area contributed by atoms with Crippen LogP contribution in [0, 0.1) is 5.92 Å².